The van der Waals surface area contributed by atoms with Gasteiger partial charge in [0.15, 0.2) is 0 Å². The Morgan fingerprint density at radius 1 is 1.36 bits per heavy atom. The number of thiophene rings is 1. The minimum absolute atomic E-state index is 0.874. The van der Waals surface area contributed by atoms with Gasteiger partial charge in [-0.2, -0.15) is 11.3 Å². The maximum absolute atomic E-state index is 2.36. The van der Waals surface area contributed by atoms with E-state index in [-0.39, 0.29) is 0 Å². The summed E-state index contributed by atoms with van der Waals surface area (Å²) in [5, 5.41) is 4.70. The van der Waals surface area contributed by atoms with Crippen LogP contribution in [0.4, 0.5) is 0 Å². The van der Waals surface area contributed by atoms with Crippen molar-refractivity contribution in [1.29, 1.82) is 0 Å². The predicted molar refractivity (Wildman–Crippen MR) is 63.9 cm³/mol. The van der Waals surface area contributed by atoms with Gasteiger partial charge in [-0.3, -0.25) is 0 Å². The smallest absolute Gasteiger partial charge is 0.00583 e. The highest BCUT2D eigenvalue weighted by Gasteiger charge is 2.18. The maximum atomic E-state index is 2.36. The van der Waals surface area contributed by atoms with Crippen molar-refractivity contribution in [2.75, 3.05) is 0 Å². The quantitative estimate of drug-likeness (QED) is 0.695. The Hall–Kier alpha value is -0.300. The van der Waals surface area contributed by atoms with Gasteiger partial charge in [0, 0.05) is 0 Å². The fourth-order valence-corrected chi connectivity index (χ4v) is 3.25. The summed E-state index contributed by atoms with van der Waals surface area (Å²) in [6.45, 7) is 4.66. The Kier molecular flexibility index (Phi) is 3.27. The van der Waals surface area contributed by atoms with Gasteiger partial charge >= 0.3 is 0 Å². The van der Waals surface area contributed by atoms with Crippen molar-refractivity contribution in [3.63, 3.8) is 0 Å². The van der Waals surface area contributed by atoms with E-state index in [1.807, 2.05) is 11.3 Å². The van der Waals surface area contributed by atoms with E-state index in [1.165, 1.54) is 32.1 Å². The van der Waals surface area contributed by atoms with Gasteiger partial charge in [-0.25, -0.2) is 0 Å². The molecule has 0 saturated heterocycles. The fourth-order valence-electron chi connectivity index (χ4n) is 2.34. The van der Waals surface area contributed by atoms with Crippen LogP contribution in [0.2, 0.25) is 0 Å². The van der Waals surface area contributed by atoms with E-state index in [4.69, 9.17) is 0 Å². The van der Waals surface area contributed by atoms with Crippen LogP contribution in [0.3, 0.4) is 0 Å². The molecule has 0 bridgehead atoms. The molecule has 14 heavy (non-hydrogen) atoms. The SMILES string of the molecule is CC(C)CCC1CCc2cscc2C1. The summed E-state index contributed by atoms with van der Waals surface area (Å²) in [7, 11) is 0. The summed E-state index contributed by atoms with van der Waals surface area (Å²) in [5.41, 5.74) is 3.28. The molecule has 1 aliphatic carbocycles. The van der Waals surface area contributed by atoms with Crippen LogP contribution in [0, 0.1) is 11.8 Å². The average Bonchev–Trinajstić information content (AvgIpc) is 2.61. The highest BCUT2D eigenvalue weighted by Crippen LogP contribution is 2.31. The molecule has 0 aliphatic heterocycles. The lowest BCUT2D eigenvalue weighted by Gasteiger charge is -2.22. The zero-order valence-corrected chi connectivity index (χ0v) is 10.1. The molecule has 78 valence electrons. The molecule has 1 aliphatic rings. The lowest BCUT2D eigenvalue weighted by Crippen LogP contribution is -2.13. The lowest BCUT2D eigenvalue weighted by atomic mass is 9.82. The monoisotopic (exact) mass is 208 g/mol. The van der Waals surface area contributed by atoms with E-state index in [9.17, 15) is 0 Å². The van der Waals surface area contributed by atoms with Crippen molar-refractivity contribution in [1.82, 2.24) is 0 Å². The second-order valence-corrected chi connectivity index (χ2v) is 5.75. The molecule has 0 spiro atoms. The van der Waals surface area contributed by atoms with E-state index in [0.717, 1.165) is 11.8 Å². The van der Waals surface area contributed by atoms with E-state index >= 15 is 0 Å². The lowest BCUT2D eigenvalue weighted by molar-refractivity contribution is 0.385. The van der Waals surface area contributed by atoms with E-state index < -0.39 is 0 Å². The van der Waals surface area contributed by atoms with Crippen molar-refractivity contribution < 1.29 is 0 Å². The summed E-state index contributed by atoms with van der Waals surface area (Å²) in [4.78, 5) is 0. The van der Waals surface area contributed by atoms with E-state index in [0.29, 0.717) is 0 Å². The molecule has 1 aromatic rings. The molecule has 1 atom stereocenters. The second kappa shape index (κ2) is 4.48. The predicted octanol–water partition coefficient (Wildman–Crippen LogP) is 4.29. The van der Waals surface area contributed by atoms with Gasteiger partial charge in [-0.05, 0) is 59.4 Å². The Balaban J connectivity index is 1.88. The molecule has 1 aromatic heterocycles. The Morgan fingerprint density at radius 3 is 2.93 bits per heavy atom. The average molecular weight is 208 g/mol. The largest absolute Gasteiger partial charge is 0.152 e. The van der Waals surface area contributed by atoms with Gasteiger partial charge in [-0.15, -0.1) is 0 Å². The van der Waals surface area contributed by atoms with E-state index in [1.54, 1.807) is 11.1 Å². The molecule has 1 heterocycles. The van der Waals surface area contributed by atoms with Crippen LogP contribution in [0.25, 0.3) is 0 Å². The van der Waals surface area contributed by atoms with Gasteiger partial charge in [0.05, 0.1) is 0 Å². The molecular weight excluding hydrogens is 188 g/mol. The van der Waals surface area contributed by atoms with Gasteiger partial charge in [0.2, 0.25) is 0 Å². The zero-order chi connectivity index (χ0) is 9.97. The van der Waals surface area contributed by atoms with Crippen LogP contribution in [0.1, 0.15) is 44.2 Å². The van der Waals surface area contributed by atoms with Crippen molar-refractivity contribution >= 4 is 11.3 Å². The number of hydrogen-bond donors (Lipinski definition) is 0. The summed E-state index contributed by atoms with van der Waals surface area (Å²) in [6, 6.07) is 0. The third kappa shape index (κ3) is 2.38. The van der Waals surface area contributed by atoms with Crippen molar-refractivity contribution in [2.45, 2.75) is 46.0 Å². The minimum atomic E-state index is 0.874. The topological polar surface area (TPSA) is 0 Å². The summed E-state index contributed by atoms with van der Waals surface area (Å²) < 4.78 is 0. The molecule has 0 nitrogen and oxygen atoms in total. The molecule has 1 heteroatoms. The van der Waals surface area contributed by atoms with Crippen molar-refractivity contribution in [2.24, 2.45) is 11.8 Å². The van der Waals surface area contributed by atoms with Crippen LogP contribution < -0.4 is 0 Å². The molecule has 0 fully saturated rings. The third-order valence-electron chi connectivity index (χ3n) is 3.32. The van der Waals surface area contributed by atoms with Crippen LogP contribution in [0.15, 0.2) is 10.8 Å². The van der Waals surface area contributed by atoms with E-state index in [2.05, 4.69) is 24.6 Å². The Labute approximate surface area is 91.4 Å². The van der Waals surface area contributed by atoms with Gasteiger partial charge in [0.1, 0.15) is 0 Å². The Morgan fingerprint density at radius 2 is 2.14 bits per heavy atom. The number of rotatable bonds is 3. The van der Waals surface area contributed by atoms with Crippen molar-refractivity contribution in [3.05, 3.63) is 21.9 Å². The van der Waals surface area contributed by atoms with Gasteiger partial charge in [-0.1, -0.05) is 20.3 Å². The van der Waals surface area contributed by atoms with Crippen molar-refractivity contribution in [3.8, 4) is 0 Å². The zero-order valence-electron chi connectivity index (χ0n) is 9.25. The first-order valence-electron chi connectivity index (χ1n) is 5.79. The molecule has 0 radical (unpaired) electrons. The summed E-state index contributed by atoms with van der Waals surface area (Å²) in [6.07, 6.45) is 6.96. The standard InChI is InChI=1S/C13H20S/c1-10(2)3-4-11-5-6-12-8-14-9-13(12)7-11/h8-11H,3-7H2,1-2H3. The number of hydrogen-bond acceptors (Lipinski definition) is 1. The first kappa shape index (κ1) is 10.2. The first-order chi connectivity index (χ1) is 6.75. The molecule has 0 aromatic carbocycles. The third-order valence-corrected chi connectivity index (χ3v) is 4.16. The first-order valence-corrected chi connectivity index (χ1v) is 6.74. The fraction of sp³-hybridized carbons (Fsp3) is 0.692. The van der Waals surface area contributed by atoms with Gasteiger partial charge in [0.25, 0.3) is 0 Å². The van der Waals surface area contributed by atoms with Crippen LogP contribution in [0.5, 0.6) is 0 Å². The summed E-state index contributed by atoms with van der Waals surface area (Å²) >= 11 is 1.88. The normalized spacial score (nSPS) is 21.2. The minimum Gasteiger partial charge on any atom is -0.152 e. The molecule has 0 N–H and O–H groups in total. The molecule has 0 saturated carbocycles. The van der Waals surface area contributed by atoms with Crippen LogP contribution in [-0.2, 0) is 12.8 Å². The highest BCUT2D eigenvalue weighted by atomic mass is 32.1. The van der Waals surface area contributed by atoms with Crippen LogP contribution in [-0.4, -0.2) is 0 Å². The maximum Gasteiger partial charge on any atom is -0.00583 e. The molecule has 2 rings (SSSR count). The number of fused-ring (bicyclic) bond motifs is 1. The summed E-state index contributed by atoms with van der Waals surface area (Å²) in [5.74, 6) is 1.85. The second-order valence-electron chi connectivity index (χ2n) is 5.00. The van der Waals surface area contributed by atoms with Crippen LogP contribution >= 0.6 is 11.3 Å². The molecular formula is C13H20S. The molecule has 0 amide bonds. The van der Waals surface area contributed by atoms with Gasteiger partial charge < -0.3 is 0 Å². The highest BCUT2D eigenvalue weighted by molar-refractivity contribution is 7.08. The Bertz CT molecular complexity index is 285. The number of aryl methyl sites for hydroxylation is 1. The molecule has 1 unspecified atom stereocenters.